The van der Waals surface area contributed by atoms with Gasteiger partial charge in [0.05, 0.1) is 5.41 Å². The summed E-state index contributed by atoms with van der Waals surface area (Å²) < 4.78 is 2.25. The molecule has 5 aromatic rings. The van der Waals surface area contributed by atoms with Crippen LogP contribution in [0.15, 0.2) is 118 Å². The highest BCUT2D eigenvalue weighted by atomic mass is 79.9. The lowest BCUT2D eigenvalue weighted by molar-refractivity contribution is 0.774. The minimum absolute atomic E-state index is 0.412. The van der Waals surface area contributed by atoms with Crippen molar-refractivity contribution in [3.8, 4) is 33.4 Å². The molecule has 33 heavy (non-hydrogen) atoms. The van der Waals surface area contributed by atoms with Crippen LogP contribution >= 0.6 is 31.9 Å². The van der Waals surface area contributed by atoms with E-state index in [9.17, 15) is 0 Å². The second-order valence-electron chi connectivity index (χ2n) is 8.71. The van der Waals surface area contributed by atoms with Crippen LogP contribution in [0.5, 0.6) is 0 Å². The Morgan fingerprint density at radius 1 is 0.364 bits per heavy atom. The first-order valence-corrected chi connectivity index (χ1v) is 12.7. The smallest absolute Gasteiger partial charge is 0.0619 e. The van der Waals surface area contributed by atoms with Gasteiger partial charge in [0.1, 0.15) is 0 Å². The van der Waals surface area contributed by atoms with Crippen molar-refractivity contribution >= 4 is 31.9 Å². The molecule has 7 rings (SSSR count). The second kappa shape index (κ2) is 7.03. The Bertz CT molecular complexity index is 1470. The summed E-state index contributed by atoms with van der Waals surface area (Å²) in [5.41, 5.74) is 12.6. The molecular formula is C31H18Br2. The lowest BCUT2D eigenvalue weighted by Crippen LogP contribution is -2.29. The minimum atomic E-state index is -0.412. The fourth-order valence-corrected chi connectivity index (χ4v) is 7.26. The summed E-state index contributed by atoms with van der Waals surface area (Å²) in [6.45, 7) is 0. The molecule has 0 saturated heterocycles. The quantitative estimate of drug-likeness (QED) is 0.177. The molecular weight excluding hydrogens is 532 g/mol. The van der Waals surface area contributed by atoms with Crippen LogP contribution in [0.4, 0.5) is 0 Å². The summed E-state index contributed by atoms with van der Waals surface area (Å²) in [4.78, 5) is 0. The molecule has 2 aliphatic rings. The lowest BCUT2D eigenvalue weighted by atomic mass is 9.66. The zero-order chi connectivity index (χ0) is 22.2. The van der Waals surface area contributed by atoms with E-state index in [4.69, 9.17) is 0 Å². The van der Waals surface area contributed by atoms with Crippen molar-refractivity contribution in [2.75, 3.05) is 0 Å². The topological polar surface area (TPSA) is 0 Å². The number of fused-ring (bicyclic) bond motifs is 12. The second-order valence-corrected chi connectivity index (χ2v) is 10.4. The van der Waals surface area contributed by atoms with E-state index in [1.54, 1.807) is 0 Å². The van der Waals surface area contributed by atoms with Crippen molar-refractivity contribution in [1.82, 2.24) is 0 Å². The molecule has 0 unspecified atom stereocenters. The molecule has 0 heterocycles. The molecule has 0 aromatic heterocycles. The van der Waals surface area contributed by atoms with E-state index >= 15 is 0 Å². The van der Waals surface area contributed by atoms with Crippen LogP contribution in [0.1, 0.15) is 22.3 Å². The summed E-state index contributed by atoms with van der Waals surface area (Å²) in [6, 6.07) is 40.0. The summed E-state index contributed by atoms with van der Waals surface area (Å²) in [5.74, 6) is 0. The number of hydrogen-bond acceptors (Lipinski definition) is 0. The number of hydrogen-bond donors (Lipinski definition) is 0. The van der Waals surface area contributed by atoms with Gasteiger partial charge in [0, 0.05) is 20.1 Å². The maximum absolute atomic E-state index is 3.95. The van der Waals surface area contributed by atoms with Gasteiger partial charge >= 0.3 is 0 Å². The first-order chi connectivity index (χ1) is 16.2. The Labute approximate surface area is 210 Å². The summed E-state index contributed by atoms with van der Waals surface area (Å²) in [7, 11) is 0. The van der Waals surface area contributed by atoms with E-state index in [0.29, 0.717) is 0 Å². The highest BCUT2D eigenvalue weighted by Crippen LogP contribution is 2.62. The van der Waals surface area contributed by atoms with Gasteiger partial charge in [0.15, 0.2) is 0 Å². The third kappa shape index (κ3) is 2.41. The first kappa shape index (κ1) is 19.5. The van der Waals surface area contributed by atoms with E-state index in [1.165, 1.54) is 55.6 Å². The number of benzene rings is 5. The van der Waals surface area contributed by atoms with Gasteiger partial charge in [-0.15, -0.1) is 0 Å². The molecule has 156 valence electrons. The average Bonchev–Trinajstić information content (AvgIpc) is 3.08. The molecule has 0 amide bonds. The maximum atomic E-state index is 3.95. The highest BCUT2D eigenvalue weighted by Gasteiger charge is 2.50. The van der Waals surface area contributed by atoms with E-state index in [1.807, 2.05) is 0 Å². The van der Waals surface area contributed by atoms with Crippen molar-refractivity contribution in [3.05, 3.63) is 140 Å². The van der Waals surface area contributed by atoms with Crippen LogP contribution in [0.25, 0.3) is 33.4 Å². The third-order valence-electron chi connectivity index (χ3n) is 7.25. The van der Waals surface area contributed by atoms with Crippen LogP contribution in [0.2, 0.25) is 0 Å². The molecule has 0 saturated carbocycles. The molecule has 0 radical (unpaired) electrons. The SMILES string of the molecule is Brc1cccc2c1-c1ccccc1-c1c(Br)cccc1C21c2ccccc2-c2ccccc21. The van der Waals surface area contributed by atoms with Gasteiger partial charge in [-0.2, -0.15) is 0 Å². The average molecular weight is 550 g/mol. The van der Waals surface area contributed by atoms with Crippen LogP contribution in [-0.2, 0) is 5.41 Å². The fourth-order valence-electron chi connectivity index (χ4n) is 6.10. The maximum Gasteiger partial charge on any atom is 0.0726 e. The van der Waals surface area contributed by atoms with Gasteiger partial charge in [0.25, 0.3) is 0 Å². The molecule has 0 bridgehead atoms. The highest BCUT2D eigenvalue weighted by molar-refractivity contribution is 9.11. The normalized spacial score (nSPS) is 14.0. The van der Waals surface area contributed by atoms with Crippen molar-refractivity contribution < 1.29 is 0 Å². The van der Waals surface area contributed by atoms with E-state index in [2.05, 4.69) is 141 Å². The zero-order valence-corrected chi connectivity index (χ0v) is 20.8. The van der Waals surface area contributed by atoms with Gasteiger partial charge in [-0.3, -0.25) is 0 Å². The van der Waals surface area contributed by atoms with Gasteiger partial charge < -0.3 is 0 Å². The Morgan fingerprint density at radius 2 is 0.727 bits per heavy atom. The van der Waals surface area contributed by atoms with E-state index in [-0.39, 0.29) is 0 Å². The molecule has 2 aliphatic carbocycles. The van der Waals surface area contributed by atoms with Gasteiger partial charge in [-0.05, 0) is 56.6 Å². The Morgan fingerprint density at radius 3 is 1.18 bits per heavy atom. The van der Waals surface area contributed by atoms with Crippen LogP contribution in [0.3, 0.4) is 0 Å². The van der Waals surface area contributed by atoms with Crippen molar-refractivity contribution in [1.29, 1.82) is 0 Å². The van der Waals surface area contributed by atoms with E-state index in [0.717, 1.165) is 8.95 Å². The summed E-state index contributed by atoms with van der Waals surface area (Å²) in [6.07, 6.45) is 0. The fraction of sp³-hybridized carbons (Fsp3) is 0.0323. The Hall–Kier alpha value is -2.94. The third-order valence-corrected chi connectivity index (χ3v) is 8.57. The lowest BCUT2D eigenvalue weighted by Gasteiger charge is -2.35. The standard InChI is InChI=1S/C31H18Br2/c32-27-17-7-15-25-29(27)21-11-1-2-12-22(21)30-26(16-8-18-28(30)33)31(25)23-13-5-3-9-19(23)20-10-4-6-14-24(20)31/h1-18H. The first-order valence-electron chi connectivity index (χ1n) is 11.1. The van der Waals surface area contributed by atoms with Gasteiger partial charge in [-0.25, -0.2) is 0 Å². The minimum Gasteiger partial charge on any atom is -0.0619 e. The van der Waals surface area contributed by atoms with Crippen LogP contribution < -0.4 is 0 Å². The predicted octanol–water partition coefficient (Wildman–Crippen LogP) is 9.22. The Balaban J connectivity index is 1.81. The molecule has 1 spiro atoms. The zero-order valence-electron chi connectivity index (χ0n) is 17.6. The predicted molar refractivity (Wildman–Crippen MR) is 144 cm³/mol. The van der Waals surface area contributed by atoms with E-state index < -0.39 is 5.41 Å². The van der Waals surface area contributed by atoms with Crippen molar-refractivity contribution in [2.24, 2.45) is 0 Å². The molecule has 0 aliphatic heterocycles. The molecule has 0 N–H and O–H groups in total. The monoisotopic (exact) mass is 548 g/mol. The summed E-state index contributed by atoms with van der Waals surface area (Å²) in [5, 5.41) is 0. The van der Waals surface area contributed by atoms with Crippen LogP contribution in [-0.4, -0.2) is 0 Å². The van der Waals surface area contributed by atoms with Crippen molar-refractivity contribution in [3.63, 3.8) is 0 Å². The number of halogens is 2. The molecule has 0 fully saturated rings. The summed E-state index contributed by atoms with van der Waals surface area (Å²) >= 11 is 7.90. The molecule has 2 heteroatoms. The van der Waals surface area contributed by atoms with Crippen molar-refractivity contribution in [2.45, 2.75) is 5.41 Å². The van der Waals surface area contributed by atoms with Gasteiger partial charge in [0.2, 0.25) is 0 Å². The largest absolute Gasteiger partial charge is 0.0726 e. The van der Waals surface area contributed by atoms with Crippen LogP contribution in [0, 0.1) is 0 Å². The Kier molecular flexibility index (Phi) is 4.16. The number of rotatable bonds is 0. The molecule has 5 aromatic carbocycles. The molecule has 0 nitrogen and oxygen atoms in total. The van der Waals surface area contributed by atoms with Gasteiger partial charge in [-0.1, -0.05) is 129 Å². The molecule has 0 atom stereocenters.